The molecule has 0 atom stereocenters. The van der Waals surface area contributed by atoms with Crippen LogP contribution in [0.3, 0.4) is 0 Å². The fourth-order valence-corrected chi connectivity index (χ4v) is 1.81. The Kier molecular flexibility index (Phi) is 2.21. The second-order valence-corrected chi connectivity index (χ2v) is 5.67. The van der Waals surface area contributed by atoms with Crippen LogP contribution in [0.2, 0.25) is 0 Å². The third kappa shape index (κ3) is 2.12. The second-order valence-electron chi connectivity index (χ2n) is 5.67. The fraction of sp³-hybridized carbons (Fsp3) is 0.462. The van der Waals surface area contributed by atoms with Gasteiger partial charge in [-0.3, -0.25) is 0 Å². The smallest absolute Gasteiger partial charge is 0.399 e. The number of hydrogen-bond donors (Lipinski definition) is 0. The minimum atomic E-state index is -0.569. The fourth-order valence-electron chi connectivity index (χ4n) is 1.81. The van der Waals surface area contributed by atoms with E-state index in [2.05, 4.69) is 15.1 Å². The average molecular weight is 275 g/mol. The lowest BCUT2D eigenvalue weighted by Gasteiger charge is -2.32. The summed E-state index contributed by atoms with van der Waals surface area (Å²) in [7, 11) is -0.569. The molecule has 2 aromatic heterocycles. The van der Waals surface area contributed by atoms with Crippen molar-refractivity contribution in [2.24, 2.45) is 0 Å². The minimum Gasteiger partial charge on any atom is -0.399 e. The molecule has 1 aliphatic heterocycles. The molecule has 0 aliphatic carbocycles. The van der Waals surface area contributed by atoms with Crippen molar-refractivity contribution in [1.82, 2.24) is 19.7 Å². The van der Waals surface area contributed by atoms with Gasteiger partial charge in [0, 0.05) is 30.2 Å². The summed E-state index contributed by atoms with van der Waals surface area (Å²) in [5, 5.41) is 3.77. The molecule has 7 heteroatoms. The van der Waals surface area contributed by atoms with Gasteiger partial charge in [-0.25, -0.2) is 14.6 Å². The summed E-state index contributed by atoms with van der Waals surface area (Å²) < 4.78 is 35.6. The molecule has 3 heterocycles. The molecule has 6 nitrogen and oxygen atoms in total. The van der Waals surface area contributed by atoms with Gasteiger partial charge >= 0.3 is 7.12 Å². The molecular weight excluding hydrogens is 255 g/mol. The lowest BCUT2D eigenvalue weighted by Crippen LogP contribution is -2.41. The Morgan fingerprint density at radius 3 is 2.25 bits per heavy atom. The van der Waals surface area contributed by atoms with Gasteiger partial charge in [0.1, 0.15) is 0 Å². The zero-order chi connectivity index (χ0) is 17.0. The molecule has 104 valence electrons. The van der Waals surface area contributed by atoms with Crippen molar-refractivity contribution in [3.05, 3.63) is 30.8 Å². The van der Waals surface area contributed by atoms with Gasteiger partial charge in [0.05, 0.1) is 15.3 Å². The third-order valence-electron chi connectivity index (χ3n) is 3.74. The second kappa shape index (κ2) is 4.39. The van der Waals surface area contributed by atoms with E-state index in [0.29, 0.717) is 5.46 Å². The Morgan fingerprint density at radius 1 is 1.15 bits per heavy atom. The Morgan fingerprint density at radius 2 is 1.75 bits per heavy atom. The maximum Gasteiger partial charge on any atom is 0.498 e. The highest BCUT2D eigenvalue weighted by molar-refractivity contribution is 6.61. The van der Waals surface area contributed by atoms with Crippen LogP contribution in [0.15, 0.2) is 30.8 Å². The van der Waals surface area contributed by atoms with Crippen LogP contribution in [0.1, 0.15) is 31.8 Å². The molecule has 2 aromatic rings. The summed E-state index contributed by atoms with van der Waals surface area (Å²) in [5.41, 5.74) is -0.247. The first-order valence-corrected chi connectivity index (χ1v) is 6.33. The molecule has 0 saturated carbocycles. The van der Waals surface area contributed by atoms with Gasteiger partial charge in [-0.2, -0.15) is 5.10 Å². The zero-order valence-corrected chi connectivity index (χ0v) is 11.8. The SMILES string of the molecule is [2H]c1nn(-c2ncc(B3OC(C)(C)C(C)(C)O3)cn2)c([2H])c1[2H]. The van der Waals surface area contributed by atoms with Gasteiger partial charge in [-0.1, -0.05) is 0 Å². The van der Waals surface area contributed by atoms with E-state index < -0.39 is 18.3 Å². The highest BCUT2D eigenvalue weighted by atomic mass is 16.7. The van der Waals surface area contributed by atoms with Crippen molar-refractivity contribution >= 4 is 12.6 Å². The Labute approximate surface area is 122 Å². The Hall–Kier alpha value is -1.73. The van der Waals surface area contributed by atoms with Crippen molar-refractivity contribution in [1.29, 1.82) is 0 Å². The predicted octanol–water partition coefficient (Wildman–Crippen LogP) is 0.961. The van der Waals surface area contributed by atoms with E-state index in [0.717, 1.165) is 4.68 Å². The van der Waals surface area contributed by atoms with Crippen molar-refractivity contribution in [2.75, 3.05) is 0 Å². The van der Waals surface area contributed by atoms with E-state index in [1.54, 1.807) is 12.4 Å². The Bertz CT molecular complexity index is 732. The highest BCUT2D eigenvalue weighted by Crippen LogP contribution is 2.36. The average Bonchev–Trinajstić information content (AvgIpc) is 2.86. The van der Waals surface area contributed by atoms with E-state index in [1.165, 1.54) is 0 Å². The maximum absolute atomic E-state index is 7.74. The molecule has 0 unspecified atom stereocenters. The summed E-state index contributed by atoms with van der Waals surface area (Å²) in [4.78, 5) is 8.29. The van der Waals surface area contributed by atoms with Crippen molar-refractivity contribution in [3.63, 3.8) is 0 Å². The first-order chi connectivity index (χ1) is 10.6. The summed E-state index contributed by atoms with van der Waals surface area (Å²) in [5.74, 6) is 0.127. The third-order valence-corrected chi connectivity index (χ3v) is 3.74. The Balaban J connectivity index is 1.88. The topological polar surface area (TPSA) is 62.1 Å². The summed E-state index contributed by atoms with van der Waals surface area (Å²) in [6.45, 7) is 7.85. The van der Waals surface area contributed by atoms with Crippen LogP contribution >= 0.6 is 0 Å². The molecule has 0 spiro atoms. The lowest BCUT2D eigenvalue weighted by atomic mass is 9.81. The van der Waals surface area contributed by atoms with E-state index in [4.69, 9.17) is 13.4 Å². The molecule has 1 fully saturated rings. The molecule has 0 bridgehead atoms. The van der Waals surface area contributed by atoms with E-state index in [9.17, 15) is 0 Å². The van der Waals surface area contributed by atoms with Crippen LogP contribution < -0.4 is 5.46 Å². The maximum atomic E-state index is 7.74. The zero-order valence-electron chi connectivity index (χ0n) is 14.8. The number of nitrogens with zero attached hydrogens (tertiary/aromatic N) is 4. The van der Waals surface area contributed by atoms with Crippen molar-refractivity contribution in [3.8, 4) is 5.95 Å². The standard InChI is InChI=1S/C13H17BN4O2/c1-12(2)13(3,4)20-14(19-12)10-8-15-11(16-9-10)18-7-5-6-17-18/h5-9H,1-4H3/i5D,6D,7D. The summed E-state index contributed by atoms with van der Waals surface area (Å²) in [6.07, 6.45) is 2.57. The van der Waals surface area contributed by atoms with Gasteiger partial charge < -0.3 is 9.31 Å². The van der Waals surface area contributed by atoms with E-state index >= 15 is 0 Å². The first kappa shape index (κ1) is 10.1. The van der Waals surface area contributed by atoms with Gasteiger partial charge in [0.25, 0.3) is 0 Å². The molecule has 0 amide bonds. The van der Waals surface area contributed by atoms with Crippen LogP contribution in [0.4, 0.5) is 0 Å². The molecule has 1 saturated heterocycles. The first-order valence-electron chi connectivity index (χ1n) is 7.83. The monoisotopic (exact) mass is 275 g/mol. The molecule has 20 heavy (non-hydrogen) atoms. The lowest BCUT2D eigenvalue weighted by molar-refractivity contribution is 0.00578. The summed E-state index contributed by atoms with van der Waals surface area (Å²) in [6, 6.07) is -0.261. The van der Waals surface area contributed by atoms with Crippen LogP contribution in [0.25, 0.3) is 5.95 Å². The van der Waals surface area contributed by atoms with Crippen LogP contribution in [0, 0.1) is 0 Å². The van der Waals surface area contributed by atoms with Gasteiger partial charge in [0.2, 0.25) is 5.95 Å². The summed E-state index contributed by atoms with van der Waals surface area (Å²) >= 11 is 0. The molecule has 0 radical (unpaired) electrons. The predicted molar refractivity (Wildman–Crippen MR) is 74.9 cm³/mol. The molecule has 3 rings (SSSR count). The normalized spacial score (nSPS) is 22.4. The molecule has 0 N–H and O–H groups in total. The van der Waals surface area contributed by atoms with Gasteiger partial charge in [-0.15, -0.1) is 0 Å². The quantitative estimate of drug-likeness (QED) is 0.764. The van der Waals surface area contributed by atoms with Crippen LogP contribution in [-0.4, -0.2) is 38.1 Å². The largest absolute Gasteiger partial charge is 0.498 e. The molecular formula is C13H17BN4O2. The van der Waals surface area contributed by atoms with Crippen molar-refractivity contribution < 1.29 is 13.4 Å². The highest BCUT2D eigenvalue weighted by Gasteiger charge is 2.51. The van der Waals surface area contributed by atoms with Crippen LogP contribution in [-0.2, 0) is 9.31 Å². The van der Waals surface area contributed by atoms with Crippen molar-refractivity contribution in [2.45, 2.75) is 38.9 Å². The van der Waals surface area contributed by atoms with E-state index in [1.807, 2.05) is 27.7 Å². The van der Waals surface area contributed by atoms with Gasteiger partial charge in [-0.05, 0) is 33.7 Å². The molecule has 0 aromatic carbocycles. The number of aromatic nitrogens is 4. The van der Waals surface area contributed by atoms with Gasteiger partial charge in [0.15, 0.2) is 0 Å². The number of hydrogen-bond acceptors (Lipinski definition) is 5. The number of rotatable bonds is 2. The van der Waals surface area contributed by atoms with E-state index in [-0.39, 0.29) is 24.3 Å². The minimum absolute atomic E-state index is 0.127. The molecule has 1 aliphatic rings. The van der Waals surface area contributed by atoms with Crippen LogP contribution in [0.5, 0.6) is 0 Å².